The van der Waals surface area contributed by atoms with E-state index in [4.69, 9.17) is 4.74 Å². The molecule has 0 spiro atoms. The van der Waals surface area contributed by atoms with Crippen molar-refractivity contribution in [1.82, 2.24) is 9.80 Å². The molecule has 5 nitrogen and oxygen atoms in total. The number of rotatable bonds is 5. The number of hydrogen-bond acceptors (Lipinski definition) is 3. The molecule has 3 rings (SSSR count). The molecule has 2 amide bonds. The summed E-state index contributed by atoms with van der Waals surface area (Å²) in [6, 6.07) is 15.0. The predicted octanol–water partition coefficient (Wildman–Crippen LogP) is 3.81. The van der Waals surface area contributed by atoms with E-state index in [0.717, 1.165) is 5.75 Å². The minimum Gasteiger partial charge on any atom is -0.494 e. The minimum atomic E-state index is -0.00330. The second kappa shape index (κ2) is 8.91. The van der Waals surface area contributed by atoms with Gasteiger partial charge in [-0.15, -0.1) is 0 Å². The van der Waals surface area contributed by atoms with E-state index < -0.39 is 0 Å². The van der Waals surface area contributed by atoms with Crippen LogP contribution in [0.15, 0.2) is 48.5 Å². The third-order valence-corrected chi connectivity index (χ3v) is 5.09. The number of benzene rings is 2. The Balaban J connectivity index is 1.57. The third-order valence-electron chi connectivity index (χ3n) is 5.09. The molecule has 28 heavy (non-hydrogen) atoms. The molecule has 0 N–H and O–H groups in total. The monoisotopic (exact) mass is 380 g/mol. The van der Waals surface area contributed by atoms with Crippen molar-refractivity contribution < 1.29 is 14.3 Å². The van der Waals surface area contributed by atoms with E-state index in [1.54, 1.807) is 17.0 Å². The van der Waals surface area contributed by atoms with E-state index in [9.17, 15) is 9.59 Å². The molecule has 148 valence electrons. The molecule has 5 heteroatoms. The lowest BCUT2D eigenvalue weighted by Crippen LogP contribution is -2.50. The highest BCUT2D eigenvalue weighted by molar-refractivity contribution is 5.96. The molecule has 1 saturated heterocycles. The van der Waals surface area contributed by atoms with Crippen molar-refractivity contribution in [2.24, 2.45) is 0 Å². The third kappa shape index (κ3) is 4.53. The molecule has 0 saturated carbocycles. The van der Waals surface area contributed by atoms with Gasteiger partial charge in [0.15, 0.2) is 0 Å². The Labute approximate surface area is 166 Å². The number of nitrogens with zero attached hydrogens (tertiary/aromatic N) is 2. The molecule has 2 aromatic carbocycles. The van der Waals surface area contributed by atoms with Crippen LogP contribution in [0.3, 0.4) is 0 Å². The Hall–Kier alpha value is -2.82. The van der Waals surface area contributed by atoms with E-state index in [0.29, 0.717) is 49.8 Å². The summed E-state index contributed by atoms with van der Waals surface area (Å²) in [6.45, 7) is 8.99. The van der Waals surface area contributed by atoms with Gasteiger partial charge in [0.05, 0.1) is 6.61 Å². The largest absolute Gasteiger partial charge is 0.494 e. The summed E-state index contributed by atoms with van der Waals surface area (Å²) >= 11 is 0. The van der Waals surface area contributed by atoms with E-state index in [1.807, 2.05) is 48.2 Å². The number of carbonyl (C=O) groups excluding carboxylic acids is 2. The lowest BCUT2D eigenvalue weighted by Gasteiger charge is -2.35. The molecule has 1 fully saturated rings. The van der Waals surface area contributed by atoms with Crippen molar-refractivity contribution >= 4 is 11.8 Å². The fraction of sp³-hybridized carbons (Fsp3) is 0.391. The van der Waals surface area contributed by atoms with Crippen molar-refractivity contribution in [3.05, 3.63) is 65.2 Å². The number of piperazine rings is 1. The van der Waals surface area contributed by atoms with Gasteiger partial charge >= 0.3 is 0 Å². The van der Waals surface area contributed by atoms with Crippen LogP contribution >= 0.6 is 0 Å². The zero-order valence-electron chi connectivity index (χ0n) is 16.9. The van der Waals surface area contributed by atoms with Crippen LogP contribution in [0.4, 0.5) is 0 Å². The molecule has 2 aromatic rings. The van der Waals surface area contributed by atoms with Crippen LogP contribution < -0.4 is 4.74 Å². The number of amides is 2. The molecule has 0 radical (unpaired) electrons. The van der Waals surface area contributed by atoms with Crippen molar-refractivity contribution in [2.45, 2.75) is 26.7 Å². The summed E-state index contributed by atoms with van der Waals surface area (Å²) in [5, 5.41) is 0. The van der Waals surface area contributed by atoms with E-state index in [-0.39, 0.29) is 11.8 Å². The van der Waals surface area contributed by atoms with Crippen LogP contribution in [0.25, 0.3) is 0 Å². The van der Waals surface area contributed by atoms with Crippen LogP contribution in [-0.2, 0) is 0 Å². The van der Waals surface area contributed by atoms with Gasteiger partial charge in [0, 0.05) is 37.3 Å². The Bertz CT molecular complexity index is 805. The standard InChI is InChI=1S/C23H28N2O3/c1-4-28-21-11-9-20(10-12-21)23(27)25-15-13-24(14-16-25)22(26)19-7-5-18(6-8-19)17(2)3/h5-12,17H,4,13-16H2,1-3H3. The second-order valence-electron chi connectivity index (χ2n) is 7.32. The lowest BCUT2D eigenvalue weighted by molar-refractivity contribution is 0.0535. The smallest absolute Gasteiger partial charge is 0.253 e. The SMILES string of the molecule is CCOc1ccc(C(=O)N2CCN(C(=O)c3ccc(C(C)C)cc3)CC2)cc1. The summed E-state index contributed by atoms with van der Waals surface area (Å²) in [7, 11) is 0. The molecular weight excluding hydrogens is 352 g/mol. The van der Waals surface area contributed by atoms with Crippen molar-refractivity contribution in [3.63, 3.8) is 0 Å². The van der Waals surface area contributed by atoms with Crippen molar-refractivity contribution in [3.8, 4) is 5.75 Å². The molecule has 1 aliphatic rings. The van der Waals surface area contributed by atoms with Crippen LogP contribution in [0.5, 0.6) is 5.75 Å². The van der Waals surface area contributed by atoms with Gasteiger partial charge in [0.1, 0.15) is 5.75 Å². The van der Waals surface area contributed by atoms with Gasteiger partial charge in [0.25, 0.3) is 11.8 Å². The first-order chi connectivity index (χ1) is 13.5. The topological polar surface area (TPSA) is 49.9 Å². The maximum absolute atomic E-state index is 12.7. The zero-order chi connectivity index (χ0) is 20.1. The maximum atomic E-state index is 12.7. The lowest BCUT2D eigenvalue weighted by atomic mass is 10.0. The maximum Gasteiger partial charge on any atom is 0.253 e. The average Bonchev–Trinajstić information content (AvgIpc) is 2.74. The van der Waals surface area contributed by atoms with E-state index in [1.165, 1.54) is 5.56 Å². The summed E-state index contributed by atoms with van der Waals surface area (Å²) < 4.78 is 5.42. The molecular formula is C23H28N2O3. The first-order valence-electron chi connectivity index (χ1n) is 9.91. The normalized spacial score (nSPS) is 14.3. The Morgan fingerprint density at radius 2 is 1.25 bits per heavy atom. The Morgan fingerprint density at radius 3 is 1.64 bits per heavy atom. The van der Waals surface area contributed by atoms with Gasteiger partial charge in [-0.3, -0.25) is 9.59 Å². The summed E-state index contributed by atoms with van der Waals surface area (Å²) in [6.07, 6.45) is 0. The van der Waals surface area contributed by atoms with Crippen LogP contribution in [-0.4, -0.2) is 54.4 Å². The fourth-order valence-electron chi connectivity index (χ4n) is 3.35. The summed E-state index contributed by atoms with van der Waals surface area (Å²) in [4.78, 5) is 29.1. The second-order valence-corrected chi connectivity index (χ2v) is 7.32. The first kappa shape index (κ1) is 19.9. The quantitative estimate of drug-likeness (QED) is 0.793. The number of hydrogen-bond donors (Lipinski definition) is 0. The van der Waals surface area contributed by atoms with Crippen molar-refractivity contribution in [2.75, 3.05) is 32.8 Å². The minimum absolute atomic E-state index is 0.00330. The van der Waals surface area contributed by atoms with Gasteiger partial charge in [0.2, 0.25) is 0 Å². The van der Waals surface area contributed by atoms with E-state index >= 15 is 0 Å². The number of ether oxygens (including phenoxy) is 1. The van der Waals surface area contributed by atoms with Crippen molar-refractivity contribution in [1.29, 1.82) is 0 Å². The molecule has 0 unspecified atom stereocenters. The van der Waals surface area contributed by atoms with Gasteiger partial charge in [-0.2, -0.15) is 0 Å². The first-order valence-corrected chi connectivity index (χ1v) is 9.91. The molecule has 0 bridgehead atoms. The van der Waals surface area contributed by atoms with Gasteiger partial charge in [-0.1, -0.05) is 26.0 Å². The molecule has 0 aliphatic carbocycles. The van der Waals surface area contributed by atoms with Crippen LogP contribution in [0.1, 0.15) is 53.0 Å². The highest BCUT2D eigenvalue weighted by Crippen LogP contribution is 2.18. The van der Waals surface area contributed by atoms with Crippen LogP contribution in [0.2, 0.25) is 0 Å². The highest BCUT2D eigenvalue weighted by Gasteiger charge is 2.25. The van der Waals surface area contributed by atoms with E-state index in [2.05, 4.69) is 13.8 Å². The van der Waals surface area contributed by atoms with Crippen LogP contribution in [0, 0.1) is 0 Å². The average molecular weight is 380 g/mol. The fourth-order valence-corrected chi connectivity index (χ4v) is 3.35. The Kier molecular flexibility index (Phi) is 6.34. The molecule has 1 aliphatic heterocycles. The number of carbonyl (C=O) groups is 2. The molecule has 1 heterocycles. The van der Waals surface area contributed by atoms with Gasteiger partial charge < -0.3 is 14.5 Å². The molecule has 0 aromatic heterocycles. The predicted molar refractivity (Wildman–Crippen MR) is 110 cm³/mol. The Morgan fingerprint density at radius 1 is 0.821 bits per heavy atom. The van der Waals surface area contributed by atoms with Gasteiger partial charge in [-0.05, 0) is 54.8 Å². The molecule has 0 atom stereocenters. The summed E-state index contributed by atoms with van der Waals surface area (Å²) in [5.74, 6) is 1.24. The van der Waals surface area contributed by atoms with Gasteiger partial charge in [-0.25, -0.2) is 0 Å². The highest BCUT2D eigenvalue weighted by atomic mass is 16.5. The zero-order valence-corrected chi connectivity index (χ0v) is 16.9. The summed E-state index contributed by atoms with van der Waals surface area (Å²) in [5.41, 5.74) is 2.57.